The van der Waals surface area contributed by atoms with Crippen LogP contribution in [0.15, 0.2) is 24.3 Å². The van der Waals surface area contributed by atoms with Crippen LogP contribution >= 0.6 is 0 Å². The van der Waals surface area contributed by atoms with E-state index in [9.17, 15) is 9.59 Å². The SMILES string of the molecule is C[C@H](NC(=O)[C@@H]1CC2(CC2)CN1C(=O)OC(C)(C)C)c1ccc(N(C)C2CCN(C)CC2)cc1/C=C/C1CC1. The molecule has 214 valence electrons. The van der Waals surface area contributed by atoms with E-state index in [-0.39, 0.29) is 23.5 Å². The summed E-state index contributed by atoms with van der Waals surface area (Å²) in [5, 5.41) is 3.27. The van der Waals surface area contributed by atoms with E-state index < -0.39 is 11.6 Å². The van der Waals surface area contributed by atoms with Crippen LogP contribution in [-0.2, 0) is 9.53 Å². The number of carbonyl (C=O) groups is 2. The van der Waals surface area contributed by atoms with E-state index in [0.29, 0.717) is 18.5 Å². The summed E-state index contributed by atoms with van der Waals surface area (Å²) in [6.07, 6.45) is 11.9. The van der Waals surface area contributed by atoms with Gasteiger partial charge >= 0.3 is 6.09 Å². The van der Waals surface area contributed by atoms with Gasteiger partial charge in [0.05, 0.1) is 6.04 Å². The molecule has 2 saturated heterocycles. The van der Waals surface area contributed by atoms with Gasteiger partial charge < -0.3 is 19.9 Å². The number of hydrogen-bond donors (Lipinski definition) is 1. The van der Waals surface area contributed by atoms with Gasteiger partial charge in [-0.15, -0.1) is 0 Å². The third kappa shape index (κ3) is 6.79. The molecule has 2 saturated carbocycles. The molecule has 1 aromatic rings. The lowest BCUT2D eigenvalue weighted by Crippen LogP contribution is -2.48. The number of amides is 2. The first kappa shape index (κ1) is 28.0. The third-order valence-electron chi connectivity index (χ3n) is 9.10. The predicted molar refractivity (Wildman–Crippen MR) is 157 cm³/mol. The summed E-state index contributed by atoms with van der Waals surface area (Å²) in [5.74, 6) is 0.593. The van der Waals surface area contributed by atoms with Crippen LogP contribution in [0.2, 0.25) is 0 Å². The minimum Gasteiger partial charge on any atom is -0.444 e. The lowest BCUT2D eigenvalue weighted by Gasteiger charge is -2.36. The maximum absolute atomic E-state index is 13.6. The zero-order valence-electron chi connectivity index (χ0n) is 24.8. The van der Waals surface area contributed by atoms with E-state index in [1.807, 2.05) is 20.8 Å². The number of hydrogen-bond acceptors (Lipinski definition) is 5. The first-order valence-corrected chi connectivity index (χ1v) is 15.0. The summed E-state index contributed by atoms with van der Waals surface area (Å²) in [6.45, 7) is 10.5. The minimum absolute atomic E-state index is 0.0817. The Morgan fingerprint density at radius 2 is 1.85 bits per heavy atom. The van der Waals surface area contributed by atoms with Crippen LogP contribution in [0.5, 0.6) is 0 Å². The predicted octanol–water partition coefficient (Wildman–Crippen LogP) is 5.61. The molecule has 2 aliphatic heterocycles. The summed E-state index contributed by atoms with van der Waals surface area (Å²) >= 11 is 0. The number of ether oxygens (including phenoxy) is 1. The summed E-state index contributed by atoms with van der Waals surface area (Å²) in [6, 6.07) is 6.56. The molecule has 2 aliphatic carbocycles. The van der Waals surface area contributed by atoms with Crippen LogP contribution < -0.4 is 10.2 Å². The Balaban J connectivity index is 1.32. The van der Waals surface area contributed by atoms with Crippen molar-refractivity contribution in [1.29, 1.82) is 0 Å². The van der Waals surface area contributed by atoms with Crippen molar-refractivity contribution in [3.63, 3.8) is 0 Å². The summed E-state index contributed by atoms with van der Waals surface area (Å²) in [4.78, 5) is 33.2. The van der Waals surface area contributed by atoms with Gasteiger partial charge in [-0.25, -0.2) is 4.79 Å². The third-order valence-corrected chi connectivity index (χ3v) is 9.10. The number of likely N-dealkylation sites (tertiary alicyclic amines) is 2. The molecule has 7 nitrogen and oxygen atoms in total. The standard InChI is InChI=1S/C32H48N4O3/c1-22(33-29(37)28-20-32(15-16-32)21-36(28)30(38)39-31(2,3)4)27-12-11-26(19-24(27)10-9-23-7-8-23)35(6)25-13-17-34(5)18-14-25/h9-12,19,22-23,25,28H,7-8,13-18,20-21H2,1-6H3,(H,33,37)/b10-9+/t22-,28-/m0/s1. The second-order valence-corrected chi connectivity index (χ2v) is 13.7. The number of anilines is 1. The molecule has 39 heavy (non-hydrogen) atoms. The highest BCUT2D eigenvalue weighted by atomic mass is 16.6. The van der Waals surface area contributed by atoms with E-state index >= 15 is 0 Å². The number of nitrogens with one attached hydrogen (secondary N) is 1. The zero-order chi connectivity index (χ0) is 27.9. The lowest BCUT2D eigenvalue weighted by molar-refractivity contribution is -0.126. The second-order valence-electron chi connectivity index (χ2n) is 13.7. The van der Waals surface area contributed by atoms with Crippen LogP contribution in [0, 0.1) is 11.3 Å². The van der Waals surface area contributed by atoms with Crippen molar-refractivity contribution >= 4 is 23.8 Å². The van der Waals surface area contributed by atoms with Gasteiger partial charge in [0, 0.05) is 25.3 Å². The molecule has 5 rings (SSSR count). The maximum Gasteiger partial charge on any atom is 0.410 e. The van der Waals surface area contributed by atoms with Gasteiger partial charge in [0.15, 0.2) is 0 Å². The van der Waals surface area contributed by atoms with E-state index in [4.69, 9.17) is 4.74 Å². The van der Waals surface area contributed by atoms with Gasteiger partial charge in [-0.05, 0) is 127 Å². The molecular weight excluding hydrogens is 488 g/mol. The Morgan fingerprint density at radius 3 is 2.46 bits per heavy atom. The second kappa shape index (κ2) is 10.8. The number of benzene rings is 1. The molecule has 1 N–H and O–H groups in total. The Morgan fingerprint density at radius 1 is 1.15 bits per heavy atom. The molecule has 0 unspecified atom stereocenters. The average Bonchev–Trinajstić information content (AvgIpc) is 3.79. The van der Waals surface area contributed by atoms with Crippen LogP contribution in [0.1, 0.15) is 89.8 Å². The molecule has 1 aromatic carbocycles. The van der Waals surface area contributed by atoms with E-state index in [0.717, 1.165) is 37.9 Å². The zero-order valence-corrected chi connectivity index (χ0v) is 24.8. The first-order valence-electron chi connectivity index (χ1n) is 15.0. The highest BCUT2D eigenvalue weighted by Crippen LogP contribution is 2.55. The highest BCUT2D eigenvalue weighted by molar-refractivity contribution is 5.87. The minimum atomic E-state index is -0.587. The van der Waals surface area contributed by atoms with Crippen molar-refractivity contribution in [2.24, 2.45) is 11.3 Å². The molecule has 0 radical (unpaired) electrons. The van der Waals surface area contributed by atoms with Gasteiger partial charge in [0.2, 0.25) is 5.91 Å². The van der Waals surface area contributed by atoms with E-state index in [1.54, 1.807) is 4.90 Å². The molecule has 1 spiro atoms. The van der Waals surface area contributed by atoms with Gasteiger partial charge in [0.1, 0.15) is 11.6 Å². The van der Waals surface area contributed by atoms with Gasteiger partial charge in [-0.1, -0.05) is 18.2 Å². The number of carbonyl (C=O) groups excluding carboxylic acids is 2. The Hall–Kier alpha value is -2.54. The van der Waals surface area contributed by atoms with Crippen LogP contribution in [0.4, 0.5) is 10.5 Å². The smallest absolute Gasteiger partial charge is 0.410 e. The summed E-state index contributed by atoms with van der Waals surface area (Å²) < 4.78 is 5.67. The first-order chi connectivity index (χ1) is 18.4. The van der Waals surface area contributed by atoms with Gasteiger partial charge in [0.25, 0.3) is 0 Å². The largest absolute Gasteiger partial charge is 0.444 e. The summed E-state index contributed by atoms with van der Waals surface area (Å²) in [5.41, 5.74) is 3.02. The molecule has 7 heteroatoms. The molecule has 4 aliphatic rings. The van der Waals surface area contributed by atoms with Crippen LogP contribution in [0.3, 0.4) is 0 Å². The molecule has 2 heterocycles. The highest BCUT2D eigenvalue weighted by Gasteiger charge is 2.56. The topological polar surface area (TPSA) is 65.1 Å². The monoisotopic (exact) mass is 536 g/mol. The fourth-order valence-corrected chi connectivity index (χ4v) is 6.17. The fraction of sp³-hybridized carbons (Fsp3) is 0.688. The normalized spacial score (nSPS) is 24.3. The molecular formula is C32H48N4O3. The van der Waals surface area contributed by atoms with E-state index in [1.165, 1.54) is 36.9 Å². The van der Waals surface area contributed by atoms with E-state index in [2.05, 4.69) is 66.5 Å². The van der Waals surface area contributed by atoms with Crippen molar-refractivity contribution in [2.45, 2.75) is 96.4 Å². The van der Waals surface area contributed by atoms with Crippen molar-refractivity contribution in [2.75, 3.05) is 38.6 Å². The molecule has 4 fully saturated rings. The van der Waals surface area contributed by atoms with Crippen LogP contribution in [-0.4, -0.2) is 73.2 Å². The molecule has 2 atom stereocenters. The maximum atomic E-state index is 13.6. The van der Waals surface area contributed by atoms with Gasteiger partial charge in [-0.3, -0.25) is 9.69 Å². The lowest BCUT2D eigenvalue weighted by atomic mass is 9.97. The van der Waals surface area contributed by atoms with Crippen molar-refractivity contribution in [3.8, 4) is 0 Å². The Labute approximate surface area is 234 Å². The fourth-order valence-electron chi connectivity index (χ4n) is 6.17. The molecule has 0 aromatic heterocycles. The van der Waals surface area contributed by atoms with Crippen molar-refractivity contribution < 1.29 is 14.3 Å². The molecule has 0 bridgehead atoms. The van der Waals surface area contributed by atoms with Gasteiger partial charge in [-0.2, -0.15) is 0 Å². The number of piperidine rings is 1. The Bertz CT molecular complexity index is 1090. The number of nitrogens with zero attached hydrogens (tertiary/aromatic N) is 3. The van der Waals surface area contributed by atoms with Crippen LogP contribution in [0.25, 0.3) is 6.08 Å². The average molecular weight is 537 g/mol. The number of rotatable bonds is 7. The van der Waals surface area contributed by atoms with Crippen molar-refractivity contribution in [1.82, 2.24) is 15.1 Å². The van der Waals surface area contributed by atoms with Crippen molar-refractivity contribution in [3.05, 3.63) is 35.4 Å². The quantitative estimate of drug-likeness (QED) is 0.491. The molecule has 2 amide bonds. The Kier molecular flexibility index (Phi) is 7.75. The number of allylic oxidation sites excluding steroid dienone is 1. The summed E-state index contributed by atoms with van der Waals surface area (Å²) in [7, 11) is 4.41.